The number of rotatable bonds is 7. The van der Waals surface area contributed by atoms with Gasteiger partial charge in [-0.1, -0.05) is 12.1 Å². The first-order chi connectivity index (χ1) is 10.7. The van der Waals surface area contributed by atoms with E-state index in [2.05, 4.69) is 10.3 Å². The third-order valence-corrected chi connectivity index (χ3v) is 5.17. The SMILES string of the molecule is COc1ccc(C(CO)N(C)Cc2csc(C3CC3)n2)cc1. The lowest BCUT2D eigenvalue weighted by Crippen LogP contribution is -2.27. The highest BCUT2D eigenvalue weighted by atomic mass is 32.1. The van der Waals surface area contributed by atoms with Crippen LogP contribution in [0.2, 0.25) is 0 Å². The number of likely N-dealkylation sites (N-methyl/N-ethyl adjacent to an activating group) is 1. The first kappa shape index (κ1) is 15.5. The Morgan fingerprint density at radius 1 is 1.36 bits per heavy atom. The van der Waals surface area contributed by atoms with Gasteiger partial charge in [-0.2, -0.15) is 0 Å². The zero-order valence-electron chi connectivity index (χ0n) is 13.0. The minimum absolute atomic E-state index is 0.0306. The normalized spacial score (nSPS) is 16.0. The Hall–Kier alpha value is -1.43. The van der Waals surface area contributed by atoms with Crippen molar-refractivity contribution in [2.75, 3.05) is 20.8 Å². The summed E-state index contributed by atoms with van der Waals surface area (Å²) in [5, 5.41) is 13.2. The maximum absolute atomic E-state index is 9.77. The summed E-state index contributed by atoms with van der Waals surface area (Å²) in [7, 11) is 3.69. The van der Waals surface area contributed by atoms with Crippen LogP contribution in [-0.4, -0.2) is 35.8 Å². The molecule has 1 aliphatic carbocycles. The number of ether oxygens (including phenoxy) is 1. The molecule has 4 nitrogen and oxygen atoms in total. The van der Waals surface area contributed by atoms with Crippen LogP contribution in [0.4, 0.5) is 0 Å². The summed E-state index contributed by atoms with van der Waals surface area (Å²) in [6, 6.07) is 7.84. The van der Waals surface area contributed by atoms with E-state index in [9.17, 15) is 5.11 Å². The minimum atomic E-state index is -0.0306. The Morgan fingerprint density at radius 3 is 2.68 bits per heavy atom. The van der Waals surface area contributed by atoms with E-state index in [0.717, 1.165) is 23.6 Å². The molecule has 1 fully saturated rings. The second-order valence-corrected chi connectivity index (χ2v) is 6.73. The van der Waals surface area contributed by atoms with Gasteiger partial charge in [0.1, 0.15) is 5.75 Å². The van der Waals surface area contributed by atoms with Gasteiger partial charge < -0.3 is 9.84 Å². The van der Waals surface area contributed by atoms with Crippen LogP contribution in [0.15, 0.2) is 29.6 Å². The molecule has 0 saturated heterocycles. The van der Waals surface area contributed by atoms with Crippen LogP contribution in [0, 0.1) is 0 Å². The van der Waals surface area contributed by atoms with Gasteiger partial charge in [-0.05, 0) is 37.6 Å². The van der Waals surface area contributed by atoms with E-state index in [1.165, 1.54) is 17.8 Å². The third-order valence-electron chi connectivity index (χ3n) is 4.11. The molecule has 1 aromatic heterocycles. The molecule has 0 bridgehead atoms. The van der Waals surface area contributed by atoms with E-state index in [1.54, 1.807) is 18.4 Å². The molecule has 1 unspecified atom stereocenters. The number of methoxy groups -OCH3 is 1. The van der Waals surface area contributed by atoms with Crippen LogP contribution in [-0.2, 0) is 6.54 Å². The van der Waals surface area contributed by atoms with Crippen molar-refractivity contribution in [1.82, 2.24) is 9.88 Å². The van der Waals surface area contributed by atoms with E-state index < -0.39 is 0 Å². The molecule has 1 N–H and O–H groups in total. The van der Waals surface area contributed by atoms with Gasteiger partial charge >= 0.3 is 0 Å². The summed E-state index contributed by atoms with van der Waals surface area (Å²) < 4.78 is 5.19. The van der Waals surface area contributed by atoms with Gasteiger partial charge in [0.15, 0.2) is 0 Å². The van der Waals surface area contributed by atoms with Crippen LogP contribution in [0.1, 0.15) is 41.1 Å². The predicted octanol–water partition coefficient (Wildman–Crippen LogP) is 3.19. The van der Waals surface area contributed by atoms with Crippen molar-refractivity contribution in [2.45, 2.75) is 31.3 Å². The zero-order chi connectivity index (χ0) is 15.5. The highest BCUT2D eigenvalue weighted by Gasteiger charge is 2.27. The molecule has 1 heterocycles. The largest absolute Gasteiger partial charge is 0.497 e. The maximum Gasteiger partial charge on any atom is 0.118 e. The Bertz CT molecular complexity index is 607. The number of benzene rings is 1. The number of aliphatic hydroxyl groups is 1. The van der Waals surface area contributed by atoms with Gasteiger partial charge in [0.25, 0.3) is 0 Å². The average Bonchev–Trinajstić information content (AvgIpc) is 3.29. The number of hydrogen-bond acceptors (Lipinski definition) is 5. The van der Waals surface area contributed by atoms with Crippen molar-refractivity contribution in [3.63, 3.8) is 0 Å². The summed E-state index contributed by atoms with van der Waals surface area (Å²) in [6.45, 7) is 0.836. The first-order valence-electron chi connectivity index (χ1n) is 7.60. The van der Waals surface area contributed by atoms with E-state index in [1.807, 2.05) is 31.3 Å². The number of thiazole rings is 1. The van der Waals surface area contributed by atoms with E-state index in [4.69, 9.17) is 9.72 Å². The van der Waals surface area contributed by atoms with Crippen molar-refractivity contribution in [2.24, 2.45) is 0 Å². The Morgan fingerprint density at radius 2 is 2.09 bits per heavy atom. The van der Waals surface area contributed by atoms with Crippen molar-refractivity contribution < 1.29 is 9.84 Å². The standard InChI is InChI=1S/C17H22N2O2S/c1-19(9-14-11-22-17(18-14)13-3-4-13)16(10-20)12-5-7-15(21-2)8-6-12/h5-8,11,13,16,20H,3-4,9-10H2,1-2H3. The number of hydrogen-bond donors (Lipinski definition) is 1. The molecule has 5 heteroatoms. The Balaban J connectivity index is 1.67. The van der Waals surface area contributed by atoms with Crippen molar-refractivity contribution >= 4 is 11.3 Å². The van der Waals surface area contributed by atoms with Gasteiger partial charge in [0, 0.05) is 17.8 Å². The summed E-state index contributed by atoms with van der Waals surface area (Å²) in [6.07, 6.45) is 2.57. The molecule has 0 amide bonds. The minimum Gasteiger partial charge on any atom is -0.497 e. The van der Waals surface area contributed by atoms with Gasteiger partial charge in [-0.25, -0.2) is 4.98 Å². The van der Waals surface area contributed by atoms with Crippen molar-refractivity contribution in [3.05, 3.63) is 45.9 Å². The van der Waals surface area contributed by atoms with E-state index in [0.29, 0.717) is 5.92 Å². The molecule has 2 aromatic rings. The molecule has 3 rings (SSSR count). The number of aliphatic hydroxyl groups excluding tert-OH is 1. The molecule has 0 aliphatic heterocycles. The Kier molecular flexibility index (Phi) is 4.76. The Labute approximate surface area is 135 Å². The van der Waals surface area contributed by atoms with Crippen LogP contribution < -0.4 is 4.74 Å². The molecule has 1 atom stereocenters. The first-order valence-corrected chi connectivity index (χ1v) is 8.48. The quantitative estimate of drug-likeness (QED) is 0.851. The molecule has 0 spiro atoms. The highest BCUT2D eigenvalue weighted by molar-refractivity contribution is 7.09. The van der Waals surface area contributed by atoms with Gasteiger partial charge in [-0.3, -0.25) is 4.90 Å². The summed E-state index contributed by atoms with van der Waals surface area (Å²) in [5.41, 5.74) is 2.19. The third kappa shape index (κ3) is 3.48. The summed E-state index contributed by atoms with van der Waals surface area (Å²) in [5.74, 6) is 1.54. The van der Waals surface area contributed by atoms with E-state index in [-0.39, 0.29) is 12.6 Å². The van der Waals surface area contributed by atoms with Gasteiger partial charge in [-0.15, -0.1) is 11.3 Å². The molecule has 1 saturated carbocycles. The van der Waals surface area contributed by atoms with Gasteiger partial charge in [0.2, 0.25) is 0 Å². The highest BCUT2D eigenvalue weighted by Crippen LogP contribution is 2.41. The predicted molar refractivity (Wildman–Crippen MR) is 88.4 cm³/mol. The molecule has 1 aliphatic rings. The molecular weight excluding hydrogens is 296 g/mol. The fraction of sp³-hybridized carbons (Fsp3) is 0.471. The summed E-state index contributed by atoms with van der Waals surface area (Å²) in [4.78, 5) is 6.87. The topological polar surface area (TPSA) is 45.6 Å². The summed E-state index contributed by atoms with van der Waals surface area (Å²) >= 11 is 1.77. The number of aromatic nitrogens is 1. The maximum atomic E-state index is 9.77. The lowest BCUT2D eigenvalue weighted by molar-refractivity contribution is 0.141. The monoisotopic (exact) mass is 318 g/mol. The fourth-order valence-corrected chi connectivity index (χ4v) is 3.59. The molecule has 1 aromatic carbocycles. The zero-order valence-corrected chi connectivity index (χ0v) is 13.8. The average molecular weight is 318 g/mol. The van der Waals surface area contributed by atoms with Crippen LogP contribution >= 0.6 is 11.3 Å². The molecule has 118 valence electrons. The number of nitrogens with zero attached hydrogens (tertiary/aromatic N) is 2. The van der Waals surface area contributed by atoms with E-state index >= 15 is 0 Å². The second kappa shape index (κ2) is 6.77. The lowest BCUT2D eigenvalue weighted by Gasteiger charge is -2.26. The van der Waals surface area contributed by atoms with Crippen LogP contribution in [0.25, 0.3) is 0 Å². The van der Waals surface area contributed by atoms with Crippen molar-refractivity contribution in [1.29, 1.82) is 0 Å². The van der Waals surface area contributed by atoms with Crippen LogP contribution in [0.5, 0.6) is 5.75 Å². The smallest absolute Gasteiger partial charge is 0.118 e. The second-order valence-electron chi connectivity index (χ2n) is 5.84. The molecule has 22 heavy (non-hydrogen) atoms. The van der Waals surface area contributed by atoms with Crippen LogP contribution in [0.3, 0.4) is 0 Å². The van der Waals surface area contributed by atoms with Gasteiger partial charge in [0.05, 0.1) is 30.5 Å². The van der Waals surface area contributed by atoms with Crippen molar-refractivity contribution in [3.8, 4) is 5.75 Å². The molecular formula is C17H22N2O2S. The fourth-order valence-electron chi connectivity index (χ4n) is 2.60. The molecule has 0 radical (unpaired) electrons. The lowest BCUT2D eigenvalue weighted by atomic mass is 10.1.